The number of rotatable bonds is 4. The second-order valence-corrected chi connectivity index (χ2v) is 5.74. The number of anilines is 1. The van der Waals surface area contributed by atoms with Gasteiger partial charge in [0.25, 0.3) is 0 Å². The van der Waals surface area contributed by atoms with Crippen LogP contribution in [-0.2, 0) is 11.2 Å². The molecule has 1 unspecified atom stereocenters. The summed E-state index contributed by atoms with van der Waals surface area (Å²) in [7, 11) is 0. The smallest absolute Gasteiger partial charge is 0.241 e. The number of benzene rings is 1. The molecule has 4 heteroatoms. The van der Waals surface area contributed by atoms with Crippen molar-refractivity contribution >= 4 is 11.6 Å². The summed E-state index contributed by atoms with van der Waals surface area (Å²) in [6.07, 6.45) is 4.47. The molecule has 0 bridgehead atoms. The van der Waals surface area contributed by atoms with Gasteiger partial charge >= 0.3 is 0 Å². The van der Waals surface area contributed by atoms with E-state index in [-0.39, 0.29) is 11.9 Å². The molecular weight excluding hydrogens is 250 g/mol. The summed E-state index contributed by atoms with van der Waals surface area (Å²) in [4.78, 5) is 14.7. The lowest BCUT2D eigenvalue weighted by Gasteiger charge is -2.19. The van der Waals surface area contributed by atoms with Crippen molar-refractivity contribution in [3.63, 3.8) is 0 Å². The second-order valence-electron chi connectivity index (χ2n) is 5.74. The van der Waals surface area contributed by atoms with Crippen LogP contribution in [0.3, 0.4) is 0 Å². The van der Waals surface area contributed by atoms with Crippen molar-refractivity contribution in [2.45, 2.75) is 31.7 Å². The summed E-state index contributed by atoms with van der Waals surface area (Å²) in [5, 5.41) is 6.46. The van der Waals surface area contributed by atoms with Crippen LogP contribution in [0.15, 0.2) is 24.3 Å². The maximum atomic E-state index is 12.2. The first-order valence-corrected chi connectivity index (χ1v) is 7.67. The van der Waals surface area contributed by atoms with Gasteiger partial charge in [-0.2, -0.15) is 0 Å². The number of hydrogen-bond donors (Lipinski definition) is 2. The van der Waals surface area contributed by atoms with Crippen molar-refractivity contribution in [2.75, 3.05) is 31.5 Å². The molecule has 0 radical (unpaired) electrons. The van der Waals surface area contributed by atoms with Crippen molar-refractivity contribution < 1.29 is 4.79 Å². The topological polar surface area (TPSA) is 44.4 Å². The number of aryl methyl sites for hydroxylation is 1. The standard InChI is InChI=1S/C16H23N3O/c20-16-15(17-9-12-19-10-3-4-11-19)8-7-13-5-1-2-6-14(13)18-16/h1-2,5-6,15,17H,3-4,7-12H2,(H,18,20). The fraction of sp³-hybridized carbons (Fsp3) is 0.562. The van der Waals surface area contributed by atoms with Crippen molar-refractivity contribution in [1.29, 1.82) is 0 Å². The minimum atomic E-state index is -0.0648. The zero-order valence-corrected chi connectivity index (χ0v) is 11.9. The number of fused-ring (bicyclic) bond motifs is 1. The molecular formula is C16H23N3O. The van der Waals surface area contributed by atoms with Crippen molar-refractivity contribution in [1.82, 2.24) is 10.2 Å². The van der Waals surface area contributed by atoms with E-state index >= 15 is 0 Å². The molecule has 3 rings (SSSR count). The van der Waals surface area contributed by atoms with Gasteiger partial charge in [0.15, 0.2) is 0 Å². The van der Waals surface area contributed by atoms with E-state index in [0.29, 0.717) is 0 Å². The summed E-state index contributed by atoms with van der Waals surface area (Å²) < 4.78 is 0. The Hall–Kier alpha value is -1.39. The molecule has 1 fully saturated rings. The number of nitrogens with zero attached hydrogens (tertiary/aromatic N) is 1. The maximum absolute atomic E-state index is 12.2. The predicted molar refractivity (Wildman–Crippen MR) is 80.9 cm³/mol. The molecule has 1 aromatic rings. The van der Waals surface area contributed by atoms with E-state index in [1.807, 2.05) is 18.2 Å². The molecule has 2 N–H and O–H groups in total. The van der Waals surface area contributed by atoms with Crippen LogP contribution in [-0.4, -0.2) is 43.0 Å². The van der Waals surface area contributed by atoms with Crippen LogP contribution < -0.4 is 10.6 Å². The molecule has 108 valence electrons. The zero-order valence-electron chi connectivity index (χ0n) is 11.9. The Balaban J connectivity index is 1.52. The normalized spacial score (nSPS) is 23.2. The minimum Gasteiger partial charge on any atom is -0.324 e. The van der Waals surface area contributed by atoms with Gasteiger partial charge in [-0.1, -0.05) is 18.2 Å². The Morgan fingerprint density at radius 2 is 2.05 bits per heavy atom. The molecule has 1 amide bonds. The molecule has 4 nitrogen and oxygen atoms in total. The van der Waals surface area contributed by atoms with Crippen LogP contribution >= 0.6 is 0 Å². The first-order valence-electron chi connectivity index (χ1n) is 7.67. The van der Waals surface area contributed by atoms with E-state index in [0.717, 1.165) is 31.6 Å². The number of hydrogen-bond acceptors (Lipinski definition) is 3. The van der Waals surface area contributed by atoms with Gasteiger partial charge in [0.1, 0.15) is 0 Å². The number of likely N-dealkylation sites (tertiary alicyclic amines) is 1. The van der Waals surface area contributed by atoms with Crippen LogP contribution in [0.1, 0.15) is 24.8 Å². The molecule has 2 aliphatic rings. The highest BCUT2D eigenvalue weighted by atomic mass is 16.2. The van der Waals surface area contributed by atoms with Gasteiger partial charge in [0, 0.05) is 18.8 Å². The van der Waals surface area contributed by atoms with Crippen LogP contribution in [0, 0.1) is 0 Å². The number of para-hydroxylation sites is 1. The first kappa shape index (κ1) is 13.6. The van der Waals surface area contributed by atoms with Crippen LogP contribution in [0.25, 0.3) is 0 Å². The Morgan fingerprint density at radius 1 is 1.25 bits per heavy atom. The van der Waals surface area contributed by atoms with Crippen molar-refractivity contribution in [2.24, 2.45) is 0 Å². The Labute approximate surface area is 120 Å². The summed E-state index contributed by atoms with van der Waals surface area (Å²) in [6.45, 7) is 4.37. The highest BCUT2D eigenvalue weighted by Crippen LogP contribution is 2.21. The molecule has 1 aromatic carbocycles. The molecule has 1 saturated heterocycles. The molecule has 0 saturated carbocycles. The predicted octanol–water partition coefficient (Wildman–Crippen LogP) is 1.63. The Kier molecular flexibility index (Phi) is 4.33. The monoisotopic (exact) mass is 273 g/mol. The van der Waals surface area contributed by atoms with E-state index in [1.165, 1.54) is 31.5 Å². The number of amides is 1. The molecule has 2 heterocycles. The average molecular weight is 273 g/mol. The fourth-order valence-electron chi connectivity index (χ4n) is 3.11. The quantitative estimate of drug-likeness (QED) is 0.876. The Bertz CT molecular complexity index is 469. The van der Waals surface area contributed by atoms with Gasteiger partial charge in [0.2, 0.25) is 5.91 Å². The molecule has 0 aromatic heterocycles. The number of carbonyl (C=O) groups excluding carboxylic acids is 1. The van der Waals surface area contributed by atoms with E-state index in [1.54, 1.807) is 0 Å². The first-order chi connectivity index (χ1) is 9.83. The van der Waals surface area contributed by atoms with E-state index < -0.39 is 0 Å². The highest BCUT2D eigenvalue weighted by Gasteiger charge is 2.23. The molecule has 0 aliphatic carbocycles. The highest BCUT2D eigenvalue weighted by molar-refractivity contribution is 5.96. The van der Waals surface area contributed by atoms with Crippen molar-refractivity contribution in [3.05, 3.63) is 29.8 Å². The third kappa shape index (κ3) is 3.19. The zero-order chi connectivity index (χ0) is 13.8. The summed E-state index contributed by atoms with van der Waals surface area (Å²) in [6, 6.07) is 8.03. The summed E-state index contributed by atoms with van der Waals surface area (Å²) in [5.74, 6) is 0.108. The fourth-order valence-corrected chi connectivity index (χ4v) is 3.11. The summed E-state index contributed by atoms with van der Waals surface area (Å²) in [5.41, 5.74) is 2.21. The largest absolute Gasteiger partial charge is 0.324 e. The average Bonchev–Trinajstić information content (AvgIpc) is 2.91. The number of carbonyl (C=O) groups is 1. The lowest BCUT2D eigenvalue weighted by Crippen LogP contribution is -2.43. The lowest BCUT2D eigenvalue weighted by atomic mass is 10.1. The van der Waals surface area contributed by atoms with Gasteiger partial charge in [-0.05, 0) is 50.4 Å². The van der Waals surface area contributed by atoms with Gasteiger partial charge in [-0.15, -0.1) is 0 Å². The molecule has 0 spiro atoms. The van der Waals surface area contributed by atoms with E-state index in [9.17, 15) is 4.79 Å². The number of nitrogens with one attached hydrogen (secondary N) is 2. The third-order valence-corrected chi connectivity index (χ3v) is 4.31. The molecule has 1 atom stereocenters. The van der Waals surface area contributed by atoms with Crippen LogP contribution in [0.4, 0.5) is 5.69 Å². The van der Waals surface area contributed by atoms with Crippen LogP contribution in [0.5, 0.6) is 0 Å². The van der Waals surface area contributed by atoms with Gasteiger partial charge in [0.05, 0.1) is 6.04 Å². The van der Waals surface area contributed by atoms with Gasteiger partial charge in [-0.25, -0.2) is 0 Å². The lowest BCUT2D eigenvalue weighted by molar-refractivity contribution is -0.118. The SMILES string of the molecule is O=C1Nc2ccccc2CCC1NCCN1CCCC1. The molecule has 2 aliphatic heterocycles. The summed E-state index contributed by atoms with van der Waals surface area (Å²) >= 11 is 0. The molecule has 20 heavy (non-hydrogen) atoms. The minimum absolute atomic E-state index is 0.0648. The maximum Gasteiger partial charge on any atom is 0.241 e. The van der Waals surface area contributed by atoms with E-state index in [4.69, 9.17) is 0 Å². The second kappa shape index (κ2) is 6.37. The third-order valence-electron chi connectivity index (χ3n) is 4.31. The van der Waals surface area contributed by atoms with Gasteiger partial charge in [-0.3, -0.25) is 4.79 Å². The Morgan fingerprint density at radius 3 is 2.90 bits per heavy atom. The van der Waals surface area contributed by atoms with E-state index in [2.05, 4.69) is 21.6 Å². The van der Waals surface area contributed by atoms with Crippen molar-refractivity contribution in [3.8, 4) is 0 Å². The van der Waals surface area contributed by atoms with Gasteiger partial charge < -0.3 is 15.5 Å². The van der Waals surface area contributed by atoms with Crippen LogP contribution in [0.2, 0.25) is 0 Å².